The Hall–Kier alpha value is -3.75. The van der Waals surface area contributed by atoms with Crippen LogP contribution in [0.2, 0.25) is 10.0 Å². The third-order valence-corrected chi connectivity index (χ3v) is 5.58. The van der Waals surface area contributed by atoms with Crippen LogP contribution < -0.4 is 15.8 Å². The second kappa shape index (κ2) is 9.40. The number of nitrogens with one attached hydrogen (secondary N) is 1. The molecule has 0 aliphatic heterocycles. The van der Waals surface area contributed by atoms with E-state index in [9.17, 15) is 4.79 Å². The molecule has 4 N–H and O–H groups in total. The van der Waals surface area contributed by atoms with Crippen LogP contribution in [0.4, 0.5) is 5.69 Å². The summed E-state index contributed by atoms with van der Waals surface area (Å²) in [5.74, 6) is 0.358. The summed E-state index contributed by atoms with van der Waals surface area (Å²) in [7, 11) is 0. The van der Waals surface area contributed by atoms with E-state index in [0.717, 1.165) is 0 Å². The van der Waals surface area contributed by atoms with Crippen LogP contribution in [0, 0.1) is 0 Å². The number of amides is 1. The summed E-state index contributed by atoms with van der Waals surface area (Å²) in [4.78, 5) is 17.1. The Bertz CT molecular complexity index is 1350. The predicted molar refractivity (Wildman–Crippen MR) is 127 cm³/mol. The molecule has 0 unspecified atom stereocenters. The minimum Gasteiger partial charge on any atom is -0.479 e. The van der Waals surface area contributed by atoms with E-state index in [1.54, 1.807) is 67.6 Å². The van der Waals surface area contributed by atoms with E-state index < -0.39 is 6.10 Å². The number of nitrogens with two attached hydrogens (primary N) is 1. The predicted octanol–water partition coefficient (Wildman–Crippen LogP) is 5.30. The molecule has 0 fully saturated rings. The van der Waals surface area contributed by atoms with Crippen molar-refractivity contribution in [2.45, 2.75) is 13.0 Å². The molecule has 0 saturated carbocycles. The van der Waals surface area contributed by atoms with Crippen molar-refractivity contribution in [3.63, 3.8) is 0 Å². The first-order valence-corrected chi connectivity index (χ1v) is 10.5. The summed E-state index contributed by atoms with van der Waals surface area (Å²) in [5.41, 5.74) is 8.51. The summed E-state index contributed by atoms with van der Waals surface area (Å²) in [6.07, 6.45) is -0.821. The Labute approximate surface area is 198 Å². The minimum absolute atomic E-state index is 0.00957. The number of benzene rings is 3. The second-order valence-corrected chi connectivity index (χ2v) is 7.85. The Morgan fingerprint density at radius 3 is 2.67 bits per heavy atom. The molecule has 0 saturated heterocycles. The molecule has 0 bridgehead atoms. The highest BCUT2D eigenvalue weighted by Gasteiger charge is 2.18. The number of oxime groups is 1. The third kappa shape index (κ3) is 4.87. The number of nitrogens with zero attached hydrogens (tertiary/aromatic N) is 2. The molecule has 10 heteroatoms. The Morgan fingerprint density at radius 1 is 1.18 bits per heavy atom. The van der Waals surface area contributed by atoms with Gasteiger partial charge in [0.2, 0.25) is 5.89 Å². The molecule has 1 aromatic heterocycles. The van der Waals surface area contributed by atoms with Gasteiger partial charge in [-0.2, -0.15) is 0 Å². The smallest absolute Gasteiger partial charge is 0.265 e. The lowest BCUT2D eigenvalue weighted by molar-refractivity contribution is -0.122. The van der Waals surface area contributed by atoms with Crippen molar-refractivity contribution in [2.24, 2.45) is 10.9 Å². The number of ether oxygens (including phenoxy) is 1. The van der Waals surface area contributed by atoms with Gasteiger partial charge in [0, 0.05) is 16.8 Å². The number of rotatable bonds is 6. The molecule has 0 aliphatic carbocycles. The summed E-state index contributed by atoms with van der Waals surface area (Å²) in [6.45, 7) is 1.61. The number of anilines is 1. The van der Waals surface area contributed by atoms with Crippen LogP contribution in [0.15, 0.2) is 70.2 Å². The topological polar surface area (TPSA) is 123 Å². The van der Waals surface area contributed by atoms with E-state index in [-0.39, 0.29) is 16.8 Å². The van der Waals surface area contributed by atoms with Gasteiger partial charge < -0.3 is 25.4 Å². The highest BCUT2D eigenvalue weighted by molar-refractivity contribution is 6.42. The van der Waals surface area contributed by atoms with Gasteiger partial charge in [-0.25, -0.2) is 4.98 Å². The number of carbonyl (C=O) groups excluding carboxylic acids is 1. The van der Waals surface area contributed by atoms with Crippen molar-refractivity contribution in [1.82, 2.24) is 4.98 Å². The average Bonchev–Trinajstić information content (AvgIpc) is 3.25. The van der Waals surface area contributed by atoms with Crippen LogP contribution in [-0.4, -0.2) is 28.0 Å². The minimum atomic E-state index is -0.821. The van der Waals surface area contributed by atoms with E-state index in [0.29, 0.717) is 44.6 Å². The molecular weight excluding hydrogens is 467 g/mol. The number of fused-ring (bicyclic) bond motifs is 1. The Balaban J connectivity index is 1.49. The van der Waals surface area contributed by atoms with Gasteiger partial charge in [0.25, 0.3) is 5.91 Å². The molecule has 168 valence electrons. The molecule has 1 atom stereocenters. The highest BCUT2D eigenvalue weighted by Crippen LogP contribution is 2.32. The van der Waals surface area contributed by atoms with E-state index in [4.69, 9.17) is 43.3 Å². The van der Waals surface area contributed by atoms with Crippen molar-refractivity contribution in [1.29, 1.82) is 0 Å². The number of oxazole rings is 1. The molecule has 0 spiro atoms. The molecule has 1 heterocycles. The van der Waals surface area contributed by atoms with Crippen LogP contribution in [0.1, 0.15) is 12.5 Å². The van der Waals surface area contributed by atoms with Gasteiger partial charge in [-0.05, 0) is 49.4 Å². The Kier molecular flexibility index (Phi) is 6.39. The van der Waals surface area contributed by atoms with Gasteiger partial charge in [-0.15, -0.1) is 0 Å². The number of aromatic nitrogens is 1. The fourth-order valence-electron chi connectivity index (χ4n) is 3.03. The highest BCUT2D eigenvalue weighted by atomic mass is 35.5. The molecule has 4 rings (SSSR count). The Morgan fingerprint density at radius 2 is 1.94 bits per heavy atom. The van der Waals surface area contributed by atoms with Crippen LogP contribution in [0.25, 0.3) is 22.6 Å². The van der Waals surface area contributed by atoms with Crippen LogP contribution in [0.5, 0.6) is 5.75 Å². The monoisotopic (exact) mass is 484 g/mol. The van der Waals surface area contributed by atoms with Crippen LogP contribution in [-0.2, 0) is 4.79 Å². The standard InChI is InChI=1S/C23H18Cl2N4O4/c1-12(32-19-4-2-3-16(24)20(19)25)22(30)27-15-9-10-18-17(11-15)28-23(33-18)14-7-5-13(6-8-14)21(26)29-31/h2-12,31H,1H3,(H2,26,29)(H,27,30)/t12-/m0/s1. The number of hydrogen-bond donors (Lipinski definition) is 3. The summed E-state index contributed by atoms with van der Waals surface area (Å²) in [6, 6.07) is 17.0. The van der Waals surface area contributed by atoms with Gasteiger partial charge in [0.05, 0.1) is 5.02 Å². The maximum Gasteiger partial charge on any atom is 0.265 e. The van der Waals surface area contributed by atoms with E-state index in [1.165, 1.54) is 0 Å². The van der Waals surface area contributed by atoms with Crippen LogP contribution in [0.3, 0.4) is 0 Å². The zero-order valence-corrected chi connectivity index (χ0v) is 18.8. The fraction of sp³-hybridized carbons (Fsp3) is 0.0870. The molecule has 4 aromatic rings. The molecule has 33 heavy (non-hydrogen) atoms. The molecule has 1 amide bonds. The quantitative estimate of drug-likeness (QED) is 0.147. The third-order valence-electron chi connectivity index (χ3n) is 4.78. The summed E-state index contributed by atoms with van der Waals surface area (Å²) < 4.78 is 11.5. The number of carbonyl (C=O) groups is 1. The van der Waals surface area contributed by atoms with Gasteiger partial charge >= 0.3 is 0 Å². The van der Waals surface area contributed by atoms with E-state index in [2.05, 4.69) is 15.5 Å². The van der Waals surface area contributed by atoms with Crippen molar-refractivity contribution in [2.75, 3.05) is 5.32 Å². The molecular formula is C23H18Cl2N4O4. The maximum atomic E-state index is 12.6. The zero-order chi connectivity index (χ0) is 23.5. The van der Waals surface area contributed by atoms with Gasteiger partial charge in [-0.3, -0.25) is 4.79 Å². The first-order chi connectivity index (χ1) is 15.9. The fourth-order valence-corrected chi connectivity index (χ4v) is 3.37. The van der Waals surface area contributed by atoms with Crippen molar-refractivity contribution >= 4 is 51.7 Å². The lowest BCUT2D eigenvalue weighted by Gasteiger charge is -2.16. The van der Waals surface area contributed by atoms with E-state index in [1.807, 2.05) is 0 Å². The van der Waals surface area contributed by atoms with Crippen molar-refractivity contribution in [3.8, 4) is 17.2 Å². The lowest BCUT2D eigenvalue weighted by Crippen LogP contribution is -2.30. The molecule has 3 aromatic carbocycles. The van der Waals surface area contributed by atoms with Crippen molar-refractivity contribution < 1.29 is 19.2 Å². The first kappa shape index (κ1) is 22.4. The number of halogens is 2. The van der Waals surface area contributed by atoms with E-state index >= 15 is 0 Å². The zero-order valence-electron chi connectivity index (χ0n) is 17.3. The largest absolute Gasteiger partial charge is 0.479 e. The SMILES string of the molecule is C[C@H](Oc1cccc(Cl)c1Cl)C(=O)Nc1ccc2oc(-c3ccc(/C(N)=N\O)cc3)nc2c1. The number of hydrogen-bond acceptors (Lipinski definition) is 6. The lowest BCUT2D eigenvalue weighted by atomic mass is 10.1. The van der Waals surface area contributed by atoms with Gasteiger partial charge in [0.15, 0.2) is 17.5 Å². The summed E-state index contributed by atoms with van der Waals surface area (Å²) >= 11 is 12.1. The van der Waals surface area contributed by atoms with Gasteiger partial charge in [-0.1, -0.05) is 46.6 Å². The molecule has 0 aliphatic rings. The number of amidine groups is 1. The molecule has 0 radical (unpaired) electrons. The van der Waals surface area contributed by atoms with Crippen LogP contribution >= 0.6 is 23.2 Å². The summed E-state index contributed by atoms with van der Waals surface area (Å²) in [5, 5.41) is 15.1. The second-order valence-electron chi connectivity index (χ2n) is 7.07. The van der Waals surface area contributed by atoms with Gasteiger partial charge in [0.1, 0.15) is 16.3 Å². The maximum absolute atomic E-state index is 12.6. The molecule has 8 nitrogen and oxygen atoms in total. The van der Waals surface area contributed by atoms with Crippen molar-refractivity contribution in [3.05, 3.63) is 76.3 Å². The average molecular weight is 485 g/mol. The first-order valence-electron chi connectivity index (χ1n) is 9.76. The normalized spacial score (nSPS) is 12.5.